The summed E-state index contributed by atoms with van der Waals surface area (Å²) in [7, 11) is 0. The summed E-state index contributed by atoms with van der Waals surface area (Å²) in [6, 6.07) is -0.702. The van der Waals surface area contributed by atoms with E-state index >= 15 is 0 Å². The van der Waals surface area contributed by atoms with Gasteiger partial charge in [-0.25, -0.2) is 9.59 Å². The molecule has 2 amide bonds. The van der Waals surface area contributed by atoms with E-state index in [1.165, 1.54) is 0 Å². The second kappa shape index (κ2) is 5.39. The smallest absolute Gasteiger partial charge is 0.326 e. The zero-order chi connectivity index (χ0) is 14.0. The van der Waals surface area contributed by atoms with Crippen LogP contribution in [0.25, 0.3) is 0 Å². The maximum Gasteiger partial charge on any atom is 0.326 e. The van der Waals surface area contributed by atoms with Gasteiger partial charge in [0.05, 0.1) is 0 Å². The Morgan fingerprint density at radius 1 is 1.11 bits per heavy atom. The van der Waals surface area contributed by atoms with Gasteiger partial charge in [-0.2, -0.15) is 0 Å². The van der Waals surface area contributed by atoms with Gasteiger partial charge >= 0.3 is 12.0 Å². The molecular weight excluding hydrogens is 244 g/mol. The Balaban J connectivity index is 2.01. The Kier molecular flexibility index (Phi) is 4.02. The molecule has 19 heavy (non-hydrogen) atoms. The number of carboxylic acids is 1. The lowest BCUT2D eigenvalue weighted by molar-refractivity contribution is -0.141. The van der Waals surface area contributed by atoms with Gasteiger partial charge in [0, 0.05) is 19.6 Å². The van der Waals surface area contributed by atoms with Gasteiger partial charge in [0.25, 0.3) is 0 Å². The first-order valence-electron chi connectivity index (χ1n) is 7.19. The van der Waals surface area contributed by atoms with Crippen LogP contribution in [0.5, 0.6) is 0 Å². The molecule has 0 bridgehead atoms. The second-order valence-electron chi connectivity index (χ2n) is 6.48. The van der Waals surface area contributed by atoms with Crippen LogP contribution in [0.1, 0.15) is 46.0 Å². The summed E-state index contributed by atoms with van der Waals surface area (Å²) < 4.78 is 0. The van der Waals surface area contributed by atoms with Gasteiger partial charge in [0.2, 0.25) is 0 Å². The van der Waals surface area contributed by atoms with E-state index in [0.29, 0.717) is 13.0 Å². The van der Waals surface area contributed by atoms with E-state index in [-0.39, 0.29) is 11.4 Å². The SMILES string of the molecule is CC1(C)CCCN(C(=O)N2CCC[C@H]2C(=O)O)CC1. The van der Waals surface area contributed by atoms with E-state index in [9.17, 15) is 9.59 Å². The summed E-state index contributed by atoms with van der Waals surface area (Å²) in [5.41, 5.74) is 0.284. The van der Waals surface area contributed by atoms with E-state index in [2.05, 4.69) is 13.8 Å². The fraction of sp³-hybridized carbons (Fsp3) is 0.857. The standard InChI is InChI=1S/C14H24N2O3/c1-14(2)6-4-8-15(10-7-14)13(19)16-9-3-5-11(16)12(17)18/h11H,3-10H2,1-2H3,(H,17,18)/t11-/m0/s1. The van der Waals surface area contributed by atoms with Crippen LogP contribution in [0.3, 0.4) is 0 Å². The third kappa shape index (κ3) is 3.19. The topological polar surface area (TPSA) is 60.9 Å². The first-order chi connectivity index (χ1) is 8.91. The molecule has 2 heterocycles. The highest BCUT2D eigenvalue weighted by molar-refractivity contribution is 5.83. The summed E-state index contributed by atoms with van der Waals surface area (Å²) >= 11 is 0. The lowest BCUT2D eigenvalue weighted by Crippen LogP contribution is -2.48. The molecule has 2 rings (SSSR count). The van der Waals surface area contributed by atoms with Crippen molar-refractivity contribution in [3.63, 3.8) is 0 Å². The summed E-state index contributed by atoms with van der Waals surface area (Å²) in [4.78, 5) is 27.0. The van der Waals surface area contributed by atoms with Crippen LogP contribution >= 0.6 is 0 Å². The fourth-order valence-corrected chi connectivity index (χ4v) is 3.05. The van der Waals surface area contributed by atoms with Gasteiger partial charge < -0.3 is 14.9 Å². The number of urea groups is 1. The van der Waals surface area contributed by atoms with Crippen LogP contribution in [-0.4, -0.2) is 52.6 Å². The Morgan fingerprint density at radius 3 is 2.53 bits per heavy atom. The highest BCUT2D eigenvalue weighted by Gasteiger charge is 2.37. The maximum absolute atomic E-state index is 12.5. The number of carbonyl (C=O) groups is 2. The van der Waals surface area contributed by atoms with Crippen molar-refractivity contribution >= 4 is 12.0 Å². The van der Waals surface area contributed by atoms with Crippen LogP contribution in [0.4, 0.5) is 4.79 Å². The molecule has 2 aliphatic rings. The molecule has 2 fully saturated rings. The minimum atomic E-state index is -0.874. The average molecular weight is 268 g/mol. The summed E-state index contributed by atoms with van der Waals surface area (Å²) in [6.45, 7) is 6.54. The molecule has 108 valence electrons. The van der Waals surface area contributed by atoms with Gasteiger partial charge in [0.15, 0.2) is 0 Å². The van der Waals surface area contributed by atoms with Crippen LogP contribution < -0.4 is 0 Å². The van der Waals surface area contributed by atoms with E-state index < -0.39 is 12.0 Å². The number of carboxylic acid groups (broad SMARTS) is 1. The zero-order valence-electron chi connectivity index (χ0n) is 11.9. The molecule has 0 aromatic carbocycles. The molecule has 0 saturated carbocycles. The monoisotopic (exact) mass is 268 g/mol. The Morgan fingerprint density at radius 2 is 1.84 bits per heavy atom. The Bertz CT molecular complexity index is 368. The van der Waals surface area contributed by atoms with Crippen molar-refractivity contribution in [2.24, 2.45) is 5.41 Å². The van der Waals surface area contributed by atoms with Crippen molar-refractivity contribution in [3.8, 4) is 0 Å². The molecule has 2 saturated heterocycles. The van der Waals surface area contributed by atoms with Gasteiger partial charge in [-0.1, -0.05) is 13.8 Å². The molecule has 0 radical (unpaired) electrons. The number of aliphatic carboxylic acids is 1. The molecule has 5 nitrogen and oxygen atoms in total. The third-order valence-corrected chi connectivity index (χ3v) is 4.39. The third-order valence-electron chi connectivity index (χ3n) is 4.39. The first-order valence-corrected chi connectivity index (χ1v) is 7.19. The second-order valence-corrected chi connectivity index (χ2v) is 6.48. The molecule has 0 aliphatic carbocycles. The largest absolute Gasteiger partial charge is 0.480 e. The van der Waals surface area contributed by atoms with E-state index in [1.54, 1.807) is 4.90 Å². The van der Waals surface area contributed by atoms with Crippen molar-refractivity contribution in [3.05, 3.63) is 0 Å². The number of nitrogens with zero attached hydrogens (tertiary/aromatic N) is 2. The number of carbonyl (C=O) groups excluding carboxylic acids is 1. The van der Waals surface area contributed by atoms with Crippen molar-refractivity contribution in [2.75, 3.05) is 19.6 Å². The molecule has 5 heteroatoms. The zero-order valence-corrected chi connectivity index (χ0v) is 11.9. The molecule has 1 atom stereocenters. The van der Waals surface area contributed by atoms with Crippen LogP contribution in [0.2, 0.25) is 0 Å². The molecule has 2 aliphatic heterocycles. The van der Waals surface area contributed by atoms with Crippen molar-refractivity contribution in [1.29, 1.82) is 0 Å². The van der Waals surface area contributed by atoms with Gasteiger partial charge in [0.1, 0.15) is 6.04 Å². The molecule has 0 aromatic rings. The van der Waals surface area contributed by atoms with Gasteiger partial charge in [-0.05, 0) is 37.5 Å². The quantitative estimate of drug-likeness (QED) is 0.792. The van der Waals surface area contributed by atoms with Crippen LogP contribution in [0, 0.1) is 5.41 Å². The number of amides is 2. The van der Waals surface area contributed by atoms with Crippen molar-refractivity contribution in [2.45, 2.75) is 52.0 Å². The highest BCUT2D eigenvalue weighted by Crippen LogP contribution is 2.30. The van der Waals surface area contributed by atoms with Gasteiger partial charge in [-0.15, -0.1) is 0 Å². The fourth-order valence-electron chi connectivity index (χ4n) is 3.05. The molecule has 0 unspecified atom stereocenters. The predicted molar refractivity (Wildman–Crippen MR) is 72.0 cm³/mol. The van der Waals surface area contributed by atoms with E-state index in [4.69, 9.17) is 5.11 Å². The Hall–Kier alpha value is -1.26. The first kappa shape index (κ1) is 14.2. The number of hydrogen-bond acceptors (Lipinski definition) is 2. The minimum absolute atomic E-state index is 0.0809. The summed E-state index contributed by atoms with van der Waals surface area (Å²) in [5, 5.41) is 9.16. The van der Waals surface area contributed by atoms with Crippen molar-refractivity contribution < 1.29 is 14.7 Å². The van der Waals surface area contributed by atoms with E-state index in [1.807, 2.05) is 4.90 Å². The predicted octanol–water partition coefficient (Wildman–Crippen LogP) is 2.17. The summed E-state index contributed by atoms with van der Waals surface area (Å²) in [6.07, 6.45) is 4.50. The lowest BCUT2D eigenvalue weighted by Gasteiger charge is -2.30. The molecular formula is C14H24N2O3. The maximum atomic E-state index is 12.5. The Labute approximate surface area is 114 Å². The van der Waals surface area contributed by atoms with Crippen LogP contribution in [-0.2, 0) is 4.79 Å². The number of hydrogen-bond donors (Lipinski definition) is 1. The minimum Gasteiger partial charge on any atom is -0.480 e. The number of rotatable bonds is 1. The van der Waals surface area contributed by atoms with E-state index in [0.717, 1.165) is 38.8 Å². The number of likely N-dealkylation sites (tertiary alicyclic amines) is 2. The molecule has 0 spiro atoms. The van der Waals surface area contributed by atoms with Crippen molar-refractivity contribution in [1.82, 2.24) is 9.80 Å². The highest BCUT2D eigenvalue weighted by atomic mass is 16.4. The normalized spacial score (nSPS) is 27.2. The van der Waals surface area contributed by atoms with Crippen LogP contribution in [0.15, 0.2) is 0 Å². The lowest BCUT2D eigenvalue weighted by atomic mass is 9.85. The van der Waals surface area contributed by atoms with Gasteiger partial charge in [-0.3, -0.25) is 0 Å². The molecule has 1 N–H and O–H groups in total. The average Bonchev–Trinajstić information content (AvgIpc) is 2.74. The summed E-state index contributed by atoms with van der Waals surface area (Å²) in [5.74, 6) is -0.874. The molecule has 0 aromatic heterocycles.